The van der Waals surface area contributed by atoms with Crippen molar-refractivity contribution in [2.75, 3.05) is 33.2 Å². The summed E-state index contributed by atoms with van der Waals surface area (Å²) in [6.45, 7) is 4.35. The van der Waals surface area contributed by atoms with Gasteiger partial charge in [0, 0.05) is 25.7 Å². The lowest BCUT2D eigenvalue weighted by molar-refractivity contribution is -0.140. The van der Waals surface area contributed by atoms with Crippen molar-refractivity contribution in [3.05, 3.63) is 0 Å². The van der Waals surface area contributed by atoms with Crippen LogP contribution in [0.4, 0.5) is 0 Å². The molecule has 0 spiro atoms. The van der Waals surface area contributed by atoms with E-state index in [0.29, 0.717) is 18.4 Å². The van der Waals surface area contributed by atoms with E-state index in [2.05, 4.69) is 16.8 Å². The molecule has 1 unspecified atom stereocenters. The molecule has 15 heavy (non-hydrogen) atoms. The molecule has 0 aromatic rings. The molecule has 2 aliphatic rings. The van der Waals surface area contributed by atoms with Crippen molar-refractivity contribution >= 4 is 5.97 Å². The fourth-order valence-corrected chi connectivity index (χ4v) is 2.72. The summed E-state index contributed by atoms with van der Waals surface area (Å²) in [6.07, 6.45) is 2.91. The maximum absolute atomic E-state index is 10.5. The Hall–Kier alpha value is -0.610. The van der Waals surface area contributed by atoms with Crippen molar-refractivity contribution in [1.82, 2.24) is 9.80 Å². The molecule has 4 nitrogen and oxygen atoms in total. The van der Waals surface area contributed by atoms with Crippen LogP contribution < -0.4 is 0 Å². The molecule has 0 aromatic heterocycles. The van der Waals surface area contributed by atoms with Gasteiger partial charge in [0.2, 0.25) is 0 Å². The Balaban J connectivity index is 1.71. The Labute approximate surface area is 90.9 Å². The summed E-state index contributed by atoms with van der Waals surface area (Å²) in [5, 5.41) is 8.66. The van der Waals surface area contributed by atoms with Crippen LogP contribution in [0.15, 0.2) is 0 Å². The van der Waals surface area contributed by atoms with E-state index >= 15 is 0 Å². The highest BCUT2D eigenvalue weighted by atomic mass is 16.4. The Morgan fingerprint density at radius 2 is 2.13 bits per heavy atom. The van der Waals surface area contributed by atoms with Crippen LogP contribution in [0.3, 0.4) is 0 Å². The zero-order valence-electron chi connectivity index (χ0n) is 9.35. The number of piperidine rings is 1. The van der Waals surface area contributed by atoms with Gasteiger partial charge in [0.25, 0.3) is 0 Å². The zero-order chi connectivity index (χ0) is 10.8. The zero-order valence-corrected chi connectivity index (χ0v) is 9.35. The number of carboxylic acids is 1. The summed E-state index contributed by atoms with van der Waals surface area (Å²) in [5.41, 5.74) is 0. The molecule has 0 radical (unpaired) electrons. The Morgan fingerprint density at radius 3 is 2.73 bits per heavy atom. The van der Waals surface area contributed by atoms with Gasteiger partial charge in [-0.1, -0.05) is 0 Å². The second-order valence-corrected chi connectivity index (χ2v) is 4.98. The van der Waals surface area contributed by atoms with Gasteiger partial charge in [-0.25, -0.2) is 0 Å². The Bertz CT molecular complexity index is 239. The van der Waals surface area contributed by atoms with Gasteiger partial charge < -0.3 is 10.0 Å². The molecular formula is C11H20N2O2. The molecule has 0 amide bonds. The predicted octanol–water partition coefficient (Wildman–Crippen LogP) is 0.487. The van der Waals surface area contributed by atoms with Crippen molar-refractivity contribution in [3.8, 4) is 0 Å². The molecule has 86 valence electrons. The number of rotatable bonds is 3. The van der Waals surface area contributed by atoms with E-state index in [1.807, 2.05) is 0 Å². The van der Waals surface area contributed by atoms with Crippen LogP contribution in [0.2, 0.25) is 0 Å². The summed E-state index contributed by atoms with van der Waals surface area (Å²) in [7, 11) is 2.17. The summed E-state index contributed by atoms with van der Waals surface area (Å²) in [5.74, 6) is -0.254. The highest BCUT2D eigenvalue weighted by Crippen LogP contribution is 2.25. The fourth-order valence-electron chi connectivity index (χ4n) is 2.72. The average Bonchev–Trinajstić information content (AvgIpc) is 2.10. The standard InChI is InChI=1S/C11H20N2O2/c1-12-4-2-3-10(8-12)13-6-9(7-13)5-11(14)15/h9-10H,2-8H2,1H3,(H,14,15). The molecule has 2 aliphatic heterocycles. The normalized spacial score (nSPS) is 30.1. The lowest BCUT2D eigenvalue weighted by atomic mass is 9.92. The maximum atomic E-state index is 10.5. The summed E-state index contributed by atoms with van der Waals surface area (Å²) in [4.78, 5) is 15.3. The van der Waals surface area contributed by atoms with Gasteiger partial charge in [0.05, 0.1) is 6.42 Å². The molecule has 2 rings (SSSR count). The first-order valence-electron chi connectivity index (χ1n) is 5.79. The lowest BCUT2D eigenvalue weighted by Crippen LogP contribution is -2.57. The topological polar surface area (TPSA) is 43.8 Å². The highest BCUT2D eigenvalue weighted by molar-refractivity contribution is 5.67. The molecule has 0 aromatic carbocycles. The molecule has 2 saturated heterocycles. The van der Waals surface area contributed by atoms with Crippen LogP contribution in [0, 0.1) is 5.92 Å². The van der Waals surface area contributed by atoms with Gasteiger partial charge in [0.15, 0.2) is 0 Å². The monoisotopic (exact) mass is 212 g/mol. The molecule has 1 N–H and O–H groups in total. The van der Waals surface area contributed by atoms with E-state index in [-0.39, 0.29) is 0 Å². The molecule has 1 atom stereocenters. The van der Waals surface area contributed by atoms with Crippen molar-refractivity contribution in [2.45, 2.75) is 25.3 Å². The minimum Gasteiger partial charge on any atom is -0.481 e. The van der Waals surface area contributed by atoms with Crippen molar-refractivity contribution < 1.29 is 9.90 Å². The molecule has 4 heteroatoms. The summed E-state index contributed by atoms with van der Waals surface area (Å²) < 4.78 is 0. The Kier molecular flexibility index (Phi) is 3.26. The number of likely N-dealkylation sites (N-methyl/N-ethyl adjacent to an activating group) is 1. The van der Waals surface area contributed by atoms with E-state index in [0.717, 1.165) is 19.6 Å². The van der Waals surface area contributed by atoms with Crippen molar-refractivity contribution in [2.24, 2.45) is 5.92 Å². The number of likely N-dealkylation sites (tertiary alicyclic amines) is 2. The number of carbonyl (C=O) groups is 1. The smallest absolute Gasteiger partial charge is 0.303 e. The van der Waals surface area contributed by atoms with Crippen LogP contribution in [-0.2, 0) is 4.79 Å². The quantitative estimate of drug-likeness (QED) is 0.739. The van der Waals surface area contributed by atoms with Gasteiger partial charge in [-0.15, -0.1) is 0 Å². The second kappa shape index (κ2) is 4.49. The van der Waals surface area contributed by atoms with E-state index in [4.69, 9.17) is 5.11 Å². The molecule has 0 bridgehead atoms. The highest BCUT2D eigenvalue weighted by Gasteiger charge is 2.34. The molecule has 0 saturated carbocycles. The van der Waals surface area contributed by atoms with Crippen LogP contribution in [0.5, 0.6) is 0 Å². The van der Waals surface area contributed by atoms with Crippen LogP contribution in [0.1, 0.15) is 19.3 Å². The van der Waals surface area contributed by atoms with Gasteiger partial charge in [-0.05, 0) is 32.4 Å². The lowest BCUT2D eigenvalue weighted by Gasteiger charge is -2.46. The summed E-state index contributed by atoms with van der Waals surface area (Å²) >= 11 is 0. The van der Waals surface area contributed by atoms with Crippen LogP contribution in [-0.4, -0.2) is 60.1 Å². The summed E-state index contributed by atoms with van der Waals surface area (Å²) in [6, 6.07) is 0.675. The number of hydrogen-bond donors (Lipinski definition) is 1. The minimum absolute atomic E-state index is 0.346. The van der Waals surface area contributed by atoms with E-state index in [9.17, 15) is 4.79 Å². The third-order valence-electron chi connectivity index (χ3n) is 3.56. The third kappa shape index (κ3) is 2.69. The molecular weight excluding hydrogens is 192 g/mol. The van der Waals surface area contributed by atoms with Crippen molar-refractivity contribution in [1.29, 1.82) is 0 Å². The second-order valence-electron chi connectivity index (χ2n) is 4.98. The number of nitrogens with zero attached hydrogens (tertiary/aromatic N) is 2. The number of hydrogen-bond acceptors (Lipinski definition) is 3. The molecule has 2 heterocycles. The average molecular weight is 212 g/mol. The van der Waals surface area contributed by atoms with E-state index in [1.165, 1.54) is 19.4 Å². The van der Waals surface area contributed by atoms with Crippen LogP contribution >= 0.6 is 0 Å². The Morgan fingerprint density at radius 1 is 1.40 bits per heavy atom. The largest absolute Gasteiger partial charge is 0.481 e. The fraction of sp³-hybridized carbons (Fsp3) is 0.909. The number of carboxylic acid groups (broad SMARTS) is 1. The van der Waals surface area contributed by atoms with Crippen molar-refractivity contribution in [3.63, 3.8) is 0 Å². The first-order valence-corrected chi connectivity index (χ1v) is 5.79. The maximum Gasteiger partial charge on any atom is 0.303 e. The third-order valence-corrected chi connectivity index (χ3v) is 3.56. The van der Waals surface area contributed by atoms with Crippen LogP contribution in [0.25, 0.3) is 0 Å². The van der Waals surface area contributed by atoms with Gasteiger partial charge in [-0.3, -0.25) is 9.69 Å². The van der Waals surface area contributed by atoms with E-state index < -0.39 is 5.97 Å². The van der Waals surface area contributed by atoms with Gasteiger partial charge in [-0.2, -0.15) is 0 Å². The predicted molar refractivity (Wildman–Crippen MR) is 57.8 cm³/mol. The molecule has 2 fully saturated rings. The number of aliphatic carboxylic acids is 1. The first-order chi connectivity index (χ1) is 7.15. The molecule has 0 aliphatic carbocycles. The van der Waals surface area contributed by atoms with Gasteiger partial charge in [0.1, 0.15) is 0 Å². The first kappa shape index (κ1) is 10.9. The van der Waals surface area contributed by atoms with Gasteiger partial charge >= 0.3 is 5.97 Å². The minimum atomic E-state index is -0.652. The van der Waals surface area contributed by atoms with E-state index in [1.54, 1.807) is 0 Å². The SMILES string of the molecule is CN1CCCC(N2CC(CC(=O)O)C2)C1.